The molecule has 17 heavy (non-hydrogen) atoms. The lowest BCUT2D eigenvalue weighted by atomic mass is 9.89. The molecular formula is C14H18O3. The normalized spacial score (nSPS) is 22.9. The molecule has 1 aliphatic heterocycles. The van der Waals surface area contributed by atoms with Gasteiger partial charge in [-0.1, -0.05) is 31.2 Å². The molecule has 0 amide bonds. The zero-order chi connectivity index (χ0) is 12.3. The minimum atomic E-state index is -0.193. The quantitative estimate of drug-likeness (QED) is 0.754. The second kappa shape index (κ2) is 5.32. The highest BCUT2D eigenvalue weighted by atomic mass is 16.5. The number of benzene rings is 1. The van der Waals surface area contributed by atoms with Gasteiger partial charge in [-0.15, -0.1) is 0 Å². The summed E-state index contributed by atoms with van der Waals surface area (Å²) < 4.78 is 10.7. The SMILES string of the molecule is CCOC(=O)CC1OCC(C)c2ccccc21. The van der Waals surface area contributed by atoms with Crippen molar-refractivity contribution in [2.24, 2.45) is 0 Å². The van der Waals surface area contributed by atoms with Crippen LogP contribution in [0.5, 0.6) is 0 Å². The lowest BCUT2D eigenvalue weighted by molar-refractivity contribution is -0.146. The van der Waals surface area contributed by atoms with Gasteiger partial charge in [0.05, 0.1) is 25.7 Å². The van der Waals surface area contributed by atoms with Crippen LogP contribution in [-0.2, 0) is 14.3 Å². The number of rotatable bonds is 3. The van der Waals surface area contributed by atoms with Crippen molar-refractivity contribution >= 4 is 5.97 Å². The number of ether oxygens (including phenoxy) is 2. The molecule has 0 aromatic heterocycles. The Morgan fingerprint density at radius 2 is 2.12 bits per heavy atom. The van der Waals surface area contributed by atoms with E-state index in [0.29, 0.717) is 25.6 Å². The van der Waals surface area contributed by atoms with Gasteiger partial charge in [0.1, 0.15) is 0 Å². The first-order valence-corrected chi connectivity index (χ1v) is 6.08. The number of fused-ring (bicyclic) bond motifs is 1. The van der Waals surface area contributed by atoms with Gasteiger partial charge in [-0.2, -0.15) is 0 Å². The number of carbonyl (C=O) groups excluding carboxylic acids is 1. The Balaban J connectivity index is 2.16. The minimum absolute atomic E-state index is 0.151. The summed E-state index contributed by atoms with van der Waals surface area (Å²) in [5, 5.41) is 0. The topological polar surface area (TPSA) is 35.5 Å². The first-order chi connectivity index (χ1) is 8.22. The van der Waals surface area contributed by atoms with Gasteiger partial charge in [-0.25, -0.2) is 0 Å². The van der Waals surface area contributed by atoms with Crippen LogP contribution in [0, 0.1) is 0 Å². The smallest absolute Gasteiger partial charge is 0.308 e. The third-order valence-corrected chi connectivity index (χ3v) is 3.08. The molecule has 0 bridgehead atoms. The third-order valence-electron chi connectivity index (χ3n) is 3.08. The average Bonchev–Trinajstić information content (AvgIpc) is 2.34. The Bertz CT molecular complexity index is 400. The van der Waals surface area contributed by atoms with E-state index in [4.69, 9.17) is 9.47 Å². The fraction of sp³-hybridized carbons (Fsp3) is 0.500. The van der Waals surface area contributed by atoms with E-state index in [1.165, 1.54) is 5.56 Å². The lowest BCUT2D eigenvalue weighted by Crippen LogP contribution is -2.22. The van der Waals surface area contributed by atoms with Gasteiger partial charge in [0.25, 0.3) is 0 Å². The van der Waals surface area contributed by atoms with E-state index < -0.39 is 0 Å². The second-order valence-electron chi connectivity index (χ2n) is 4.36. The minimum Gasteiger partial charge on any atom is -0.466 e. The van der Waals surface area contributed by atoms with Crippen molar-refractivity contribution in [1.29, 1.82) is 0 Å². The molecule has 0 N–H and O–H groups in total. The first-order valence-electron chi connectivity index (χ1n) is 6.08. The van der Waals surface area contributed by atoms with Crippen LogP contribution in [0.1, 0.15) is 43.4 Å². The Labute approximate surface area is 102 Å². The molecule has 0 saturated carbocycles. The summed E-state index contributed by atoms with van der Waals surface area (Å²) in [6.45, 7) is 5.04. The first kappa shape index (κ1) is 12.1. The zero-order valence-electron chi connectivity index (χ0n) is 10.3. The molecule has 1 heterocycles. The van der Waals surface area contributed by atoms with Gasteiger partial charge in [0, 0.05) is 5.92 Å². The molecule has 2 atom stereocenters. The summed E-state index contributed by atoms with van der Waals surface area (Å²) in [7, 11) is 0. The third kappa shape index (κ3) is 2.67. The van der Waals surface area contributed by atoms with Gasteiger partial charge < -0.3 is 9.47 Å². The van der Waals surface area contributed by atoms with E-state index >= 15 is 0 Å². The van der Waals surface area contributed by atoms with Crippen LogP contribution in [-0.4, -0.2) is 19.2 Å². The Kier molecular flexibility index (Phi) is 3.79. The van der Waals surface area contributed by atoms with E-state index in [1.807, 2.05) is 25.1 Å². The number of hydrogen-bond acceptors (Lipinski definition) is 3. The monoisotopic (exact) mass is 234 g/mol. The van der Waals surface area contributed by atoms with E-state index in [-0.39, 0.29) is 12.1 Å². The zero-order valence-corrected chi connectivity index (χ0v) is 10.3. The molecule has 92 valence electrons. The van der Waals surface area contributed by atoms with Crippen molar-refractivity contribution in [3.05, 3.63) is 35.4 Å². The number of hydrogen-bond donors (Lipinski definition) is 0. The Hall–Kier alpha value is -1.35. The van der Waals surface area contributed by atoms with Gasteiger partial charge in [-0.05, 0) is 18.1 Å². The van der Waals surface area contributed by atoms with E-state index in [2.05, 4.69) is 13.0 Å². The van der Waals surface area contributed by atoms with Crippen LogP contribution < -0.4 is 0 Å². The standard InChI is InChI=1S/C14H18O3/c1-3-16-14(15)8-13-12-7-5-4-6-11(12)10(2)9-17-13/h4-7,10,13H,3,8-9H2,1-2H3. The molecule has 1 aromatic carbocycles. The molecule has 0 saturated heterocycles. The van der Waals surface area contributed by atoms with E-state index in [9.17, 15) is 4.79 Å². The summed E-state index contributed by atoms with van der Waals surface area (Å²) in [5.41, 5.74) is 2.41. The van der Waals surface area contributed by atoms with Gasteiger partial charge in [-0.3, -0.25) is 4.79 Å². The highest BCUT2D eigenvalue weighted by Crippen LogP contribution is 2.35. The molecule has 0 fully saturated rings. The summed E-state index contributed by atoms with van der Waals surface area (Å²) >= 11 is 0. The van der Waals surface area contributed by atoms with Crippen molar-refractivity contribution in [2.45, 2.75) is 32.3 Å². The van der Waals surface area contributed by atoms with Gasteiger partial charge in [0.15, 0.2) is 0 Å². The molecule has 3 nitrogen and oxygen atoms in total. The maximum atomic E-state index is 11.5. The molecule has 1 aliphatic rings. The predicted octanol–water partition coefficient (Wildman–Crippen LogP) is 2.81. The molecule has 0 spiro atoms. The molecule has 2 rings (SSSR count). The fourth-order valence-corrected chi connectivity index (χ4v) is 2.23. The molecule has 0 aliphatic carbocycles. The molecule has 3 heteroatoms. The lowest BCUT2D eigenvalue weighted by Gasteiger charge is -2.29. The van der Waals surface area contributed by atoms with Crippen LogP contribution in [0.3, 0.4) is 0 Å². The maximum absolute atomic E-state index is 11.5. The molecule has 2 unspecified atom stereocenters. The van der Waals surface area contributed by atoms with Crippen LogP contribution in [0.15, 0.2) is 24.3 Å². The van der Waals surface area contributed by atoms with Crippen LogP contribution in [0.4, 0.5) is 0 Å². The summed E-state index contributed by atoms with van der Waals surface area (Å²) in [4.78, 5) is 11.5. The summed E-state index contributed by atoms with van der Waals surface area (Å²) in [6.07, 6.45) is 0.152. The summed E-state index contributed by atoms with van der Waals surface area (Å²) in [6, 6.07) is 8.16. The van der Waals surface area contributed by atoms with Crippen LogP contribution in [0.2, 0.25) is 0 Å². The van der Waals surface area contributed by atoms with Crippen molar-refractivity contribution in [3.8, 4) is 0 Å². The van der Waals surface area contributed by atoms with Crippen molar-refractivity contribution in [3.63, 3.8) is 0 Å². The van der Waals surface area contributed by atoms with E-state index in [0.717, 1.165) is 5.56 Å². The Morgan fingerprint density at radius 1 is 1.41 bits per heavy atom. The largest absolute Gasteiger partial charge is 0.466 e. The molecule has 1 aromatic rings. The highest BCUT2D eigenvalue weighted by molar-refractivity contribution is 5.70. The number of carbonyl (C=O) groups is 1. The van der Waals surface area contributed by atoms with Crippen LogP contribution in [0.25, 0.3) is 0 Å². The fourth-order valence-electron chi connectivity index (χ4n) is 2.23. The van der Waals surface area contributed by atoms with Crippen LogP contribution >= 0.6 is 0 Å². The van der Waals surface area contributed by atoms with Crippen molar-refractivity contribution in [1.82, 2.24) is 0 Å². The van der Waals surface area contributed by atoms with Gasteiger partial charge in [0.2, 0.25) is 0 Å². The molecule has 0 radical (unpaired) electrons. The Morgan fingerprint density at radius 3 is 2.82 bits per heavy atom. The molecular weight excluding hydrogens is 216 g/mol. The van der Waals surface area contributed by atoms with E-state index in [1.54, 1.807) is 0 Å². The summed E-state index contributed by atoms with van der Waals surface area (Å²) in [5.74, 6) is 0.200. The predicted molar refractivity (Wildman–Crippen MR) is 64.8 cm³/mol. The average molecular weight is 234 g/mol. The van der Waals surface area contributed by atoms with Crippen molar-refractivity contribution in [2.75, 3.05) is 13.2 Å². The maximum Gasteiger partial charge on any atom is 0.308 e. The van der Waals surface area contributed by atoms with Gasteiger partial charge >= 0.3 is 5.97 Å². The number of esters is 1. The highest BCUT2D eigenvalue weighted by Gasteiger charge is 2.27. The second-order valence-corrected chi connectivity index (χ2v) is 4.36. The van der Waals surface area contributed by atoms with Crippen molar-refractivity contribution < 1.29 is 14.3 Å².